The molecule has 2 aliphatic carbocycles. The van der Waals surface area contributed by atoms with Gasteiger partial charge in [0, 0.05) is 17.6 Å². The highest BCUT2D eigenvalue weighted by Gasteiger charge is 2.37. The Labute approximate surface area is 182 Å². The van der Waals surface area contributed by atoms with Crippen LogP contribution in [-0.4, -0.2) is 35.7 Å². The monoisotopic (exact) mass is 417 g/mol. The topological polar surface area (TPSA) is 76.0 Å². The molecule has 1 N–H and O–H groups in total. The van der Waals surface area contributed by atoms with E-state index in [0.717, 1.165) is 40.7 Å². The van der Waals surface area contributed by atoms with E-state index in [9.17, 15) is 14.7 Å². The number of rotatable bonds is 5. The highest BCUT2D eigenvalue weighted by atomic mass is 16.5. The molecular weight excluding hydrogens is 390 g/mol. The number of nitrogens with zero attached hydrogens (tertiary/aromatic N) is 1. The summed E-state index contributed by atoms with van der Waals surface area (Å²) in [6.45, 7) is 4.45. The quantitative estimate of drug-likeness (QED) is 0.763. The molecule has 5 nitrogen and oxygen atoms in total. The number of ketones is 1. The maximum Gasteiger partial charge on any atom is 0.328 e. The van der Waals surface area contributed by atoms with Gasteiger partial charge in [-0.05, 0) is 53.5 Å². The Kier molecular flexibility index (Phi) is 5.52. The fourth-order valence-corrected chi connectivity index (χ4v) is 4.47. The molecule has 0 aromatic heterocycles. The second-order valence-corrected chi connectivity index (χ2v) is 9.06. The van der Waals surface area contributed by atoms with Gasteiger partial charge in [0.05, 0.1) is 7.11 Å². The predicted molar refractivity (Wildman–Crippen MR) is 121 cm³/mol. The second kappa shape index (κ2) is 8.14. The van der Waals surface area contributed by atoms with Crippen LogP contribution in [0.2, 0.25) is 0 Å². The summed E-state index contributed by atoms with van der Waals surface area (Å²) in [5, 5.41) is 9.85. The minimum atomic E-state index is -1.04. The molecule has 2 aromatic rings. The fraction of sp³-hybridized carbons (Fsp3) is 0.346. The minimum absolute atomic E-state index is 0.120. The molecule has 5 heteroatoms. The second-order valence-electron chi connectivity index (χ2n) is 9.06. The zero-order valence-electron chi connectivity index (χ0n) is 18.1. The third-order valence-corrected chi connectivity index (χ3v) is 6.23. The molecule has 0 amide bonds. The van der Waals surface area contributed by atoms with Crippen molar-refractivity contribution < 1.29 is 19.4 Å². The number of methoxy groups -OCH3 is 1. The van der Waals surface area contributed by atoms with E-state index in [0.29, 0.717) is 12.2 Å². The maximum absolute atomic E-state index is 13.4. The Hall–Kier alpha value is -3.21. The number of fused-ring (bicyclic) bond motifs is 2. The molecule has 31 heavy (non-hydrogen) atoms. The Morgan fingerprint density at radius 2 is 1.77 bits per heavy atom. The zero-order chi connectivity index (χ0) is 22.2. The van der Waals surface area contributed by atoms with Gasteiger partial charge >= 0.3 is 5.97 Å². The van der Waals surface area contributed by atoms with E-state index >= 15 is 0 Å². The van der Waals surface area contributed by atoms with Crippen molar-refractivity contribution in [3.05, 3.63) is 70.8 Å². The SMILES string of the molecule is COc1ccc(C[C@H](/N=C2\C(=O)C3=C(CC(C)(C)CC3)c3ccccc32)C(=O)O)cc1. The van der Waals surface area contributed by atoms with Gasteiger partial charge in [0.15, 0.2) is 6.04 Å². The standard InChI is InChI=1S/C26H27NO4/c1-26(2)13-12-20-21(15-26)18-6-4-5-7-19(18)23(24(20)28)27-22(25(29)30)14-16-8-10-17(31-3)11-9-16/h4-11,22H,12-15H2,1-3H3,(H,29,30)/b27-23-/t22-/m0/s1. The van der Waals surface area contributed by atoms with Crippen molar-refractivity contribution in [3.8, 4) is 5.75 Å². The van der Waals surface area contributed by atoms with Crippen LogP contribution in [0.25, 0.3) is 5.57 Å². The molecule has 0 heterocycles. The van der Waals surface area contributed by atoms with E-state index in [-0.39, 0.29) is 23.3 Å². The Morgan fingerprint density at radius 3 is 2.42 bits per heavy atom. The average Bonchev–Trinajstić information content (AvgIpc) is 2.75. The molecule has 2 aromatic carbocycles. The van der Waals surface area contributed by atoms with Crippen molar-refractivity contribution in [3.63, 3.8) is 0 Å². The van der Waals surface area contributed by atoms with E-state index in [1.54, 1.807) is 19.2 Å². The lowest BCUT2D eigenvalue weighted by Gasteiger charge is -2.36. The van der Waals surface area contributed by atoms with Gasteiger partial charge in [-0.25, -0.2) is 4.79 Å². The van der Waals surface area contributed by atoms with Crippen molar-refractivity contribution in [2.24, 2.45) is 10.4 Å². The van der Waals surface area contributed by atoms with Gasteiger partial charge in [-0.2, -0.15) is 0 Å². The summed E-state index contributed by atoms with van der Waals surface area (Å²) in [6.07, 6.45) is 2.68. The van der Waals surface area contributed by atoms with Crippen molar-refractivity contribution in [1.29, 1.82) is 0 Å². The number of carboxylic acid groups (broad SMARTS) is 1. The van der Waals surface area contributed by atoms with Gasteiger partial charge in [-0.3, -0.25) is 9.79 Å². The first-order valence-corrected chi connectivity index (χ1v) is 10.6. The molecule has 160 valence electrons. The number of allylic oxidation sites excluding steroid dienone is 2. The number of aliphatic imine (C=N–C) groups is 1. The molecule has 0 spiro atoms. The molecule has 0 bridgehead atoms. The molecule has 0 unspecified atom stereocenters. The van der Waals surface area contributed by atoms with E-state index in [1.165, 1.54) is 0 Å². The van der Waals surface area contributed by atoms with Crippen molar-refractivity contribution in [1.82, 2.24) is 0 Å². The lowest BCUT2D eigenvalue weighted by atomic mass is 9.68. The molecule has 0 aliphatic heterocycles. The van der Waals surface area contributed by atoms with Crippen LogP contribution in [0.5, 0.6) is 5.75 Å². The molecule has 0 saturated heterocycles. The molecule has 0 fully saturated rings. The van der Waals surface area contributed by atoms with Crippen molar-refractivity contribution in [2.75, 3.05) is 7.11 Å². The largest absolute Gasteiger partial charge is 0.497 e. The van der Waals surface area contributed by atoms with Gasteiger partial charge in [-0.1, -0.05) is 50.2 Å². The van der Waals surface area contributed by atoms with Crippen LogP contribution in [0, 0.1) is 5.41 Å². The fourth-order valence-electron chi connectivity index (χ4n) is 4.47. The zero-order valence-corrected chi connectivity index (χ0v) is 18.1. The lowest BCUT2D eigenvalue weighted by molar-refractivity contribution is -0.138. The first-order valence-electron chi connectivity index (χ1n) is 10.6. The summed E-state index contributed by atoms with van der Waals surface area (Å²) in [5.74, 6) is -0.457. The third-order valence-electron chi connectivity index (χ3n) is 6.23. The van der Waals surface area contributed by atoms with Crippen LogP contribution >= 0.6 is 0 Å². The summed E-state index contributed by atoms with van der Waals surface area (Å²) in [5.41, 5.74) is 4.88. The molecule has 4 rings (SSSR count). The summed E-state index contributed by atoms with van der Waals surface area (Å²) in [4.78, 5) is 30.0. The third kappa shape index (κ3) is 4.18. The number of hydrogen-bond acceptors (Lipinski definition) is 4. The number of carbonyl (C=O) groups is 2. The predicted octanol–water partition coefficient (Wildman–Crippen LogP) is 4.73. The maximum atomic E-state index is 13.4. The van der Waals surface area contributed by atoms with E-state index in [2.05, 4.69) is 18.8 Å². The van der Waals surface area contributed by atoms with Crippen LogP contribution in [0.15, 0.2) is 59.1 Å². The van der Waals surface area contributed by atoms with E-state index in [4.69, 9.17) is 4.74 Å². The Bertz CT molecular complexity index is 1090. The van der Waals surface area contributed by atoms with Gasteiger partial charge in [-0.15, -0.1) is 0 Å². The van der Waals surface area contributed by atoms with Crippen LogP contribution in [0.3, 0.4) is 0 Å². The van der Waals surface area contributed by atoms with Crippen LogP contribution in [-0.2, 0) is 16.0 Å². The first kappa shape index (κ1) is 21.0. The van der Waals surface area contributed by atoms with Crippen molar-refractivity contribution >= 4 is 23.0 Å². The Balaban J connectivity index is 1.74. The normalized spacial score (nSPS) is 19.6. The van der Waals surface area contributed by atoms with E-state index in [1.807, 2.05) is 36.4 Å². The van der Waals surface area contributed by atoms with Gasteiger partial charge in [0.2, 0.25) is 5.78 Å². The lowest BCUT2D eigenvalue weighted by Crippen LogP contribution is -2.32. The van der Waals surface area contributed by atoms with Gasteiger partial charge in [0.1, 0.15) is 11.5 Å². The number of aliphatic carboxylic acids is 1. The smallest absolute Gasteiger partial charge is 0.328 e. The highest BCUT2D eigenvalue weighted by molar-refractivity contribution is 6.54. The molecule has 2 aliphatic rings. The first-order chi connectivity index (χ1) is 14.8. The van der Waals surface area contributed by atoms with Gasteiger partial charge in [0.25, 0.3) is 0 Å². The number of carbonyl (C=O) groups excluding carboxylic acids is 1. The van der Waals surface area contributed by atoms with Crippen LogP contribution in [0.4, 0.5) is 0 Å². The number of hydrogen-bond donors (Lipinski definition) is 1. The molecule has 0 saturated carbocycles. The number of carboxylic acids is 1. The minimum Gasteiger partial charge on any atom is -0.497 e. The van der Waals surface area contributed by atoms with Crippen LogP contribution in [0.1, 0.15) is 49.8 Å². The number of benzene rings is 2. The number of Topliss-reactive ketones (excluding diaryl/α,β-unsaturated/α-hetero) is 1. The number of ether oxygens (including phenoxy) is 1. The van der Waals surface area contributed by atoms with Crippen molar-refractivity contribution in [2.45, 2.75) is 45.6 Å². The van der Waals surface area contributed by atoms with Crippen LogP contribution < -0.4 is 4.74 Å². The summed E-state index contributed by atoms with van der Waals surface area (Å²) < 4.78 is 5.17. The molecule has 1 atom stereocenters. The highest BCUT2D eigenvalue weighted by Crippen LogP contribution is 2.46. The van der Waals surface area contributed by atoms with Gasteiger partial charge < -0.3 is 9.84 Å². The summed E-state index contributed by atoms with van der Waals surface area (Å²) in [6, 6.07) is 13.9. The summed E-state index contributed by atoms with van der Waals surface area (Å²) in [7, 11) is 1.59. The molecule has 0 radical (unpaired) electrons. The Morgan fingerprint density at radius 1 is 1.10 bits per heavy atom. The average molecular weight is 418 g/mol. The van der Waals surface area contributed by atoms with E-state index < -0.39 is 12.0 Å². The molecular formula is C26H27NO4. The summed E-state index contributed by atoms with van der Waals surface area (Å²) >= 11 is 0.